The Morgan fingerprint density at radius 1 is 0.971 bits per heavy atom. The third-order valence-electron chi connectivity index (χ3n) is 4.75. The topological polar surface area (TPSA) is 118 Å². The number of benzene rings is 2. The molecule has 4 aromatic rings. The van der Waals surface area contributed by atoms with Crippen LogP contribution in [-0.4, -0.2) is 46.4 Å². The van der Waals surface area contributed by atoms with Gasteiger partial charge in [0.2, 0.25) is 16.9 Å². The van der Waals surface area contributed by atoms with Crippen molar-refractivity contribution in [3.63, 3.8) is 0 Å². The molecule has 4 rings (SSSR count). The standard InChI is InChI=1S/C24H23N5O5S/c1-14-9-11-16(12-10-14)33-15(2)21(30)27-24-29-28-22(35-24)17-7-5-6-8-18(17)34-23-25-19(31-3)13-20(26-23)32-4/h5-13,15H,1-4H3,(H,27,29,30). The Bertz CT molecular complexity index is 1290. The van der Waals surface area contributed by atoms with Gasteiger partial charge in [0, 0.05) is 0 Å². The molecule has 0 spiro atoms. The average molecular weight is 494 g/mol. The molecule has 0 aliphatic rings. The molecular weight excluding hydrogens is 470 g/mol. The van der Waals surface area contributed by atoms with E-state index in [9.17, 15) is 4.79 Å². The first kappa shape index (κ1) is 23.9. The van der Waals surface area contributed by atoms with Crippen molar-refractivity contribution < 1.29 is 23.7 Å². The lowest BCUT2D eigenvalue weighted by atomic mass is 10.2. The van der Waals surface area contributed by atoms with E-state index in [1.54, 1.807) is 19.1 Å². The molecule has 1 N–H and O–H groups in total. The van der Waals surface area contributed by atoms with Crippen LogP contribution in [0.5, 0.6) is 29.3 Å². The van der Waals surface area contributed by atoms with Gasteiger partial charge in [0.15, 0.2) is 11.1 Å². The molecule has 1 unspecified atom stereocenters. The summed E-state index contributed by atoms with van der Waals surface area (Å²) in [6.07, 6.45) is -0.721. The smallest absolute Gasteiger partial charge is 0.328 e. The molecule has 0 bridgehead atoms. The van der Waals surface area contributed by atoms with Crippen LogP contribution in [0, 0.1) is 6.92 Å². The van der Waals surface area contributed by atoms with Gasteiger partial charge < -0.3 is 18.9 Å². The summed E-state index contributed by atoms with van der Waals surface area (Å²) < 4.78 is 22.0. The lowest BCUT2D eigenvalue weighted by Crippen LogP contribution is -2.30. The highest BCUT2D eigenvalue weighted by Crippen LogP contribution is 2.36. The number of amides is 1. The minimum atomic E-state index is -0.721. The number of hydrogen-bond acceptors (Lipinski definition) is 10. The molecular formula is C24H23N5O5S. The van der Waals surface area contributed by atoms with Crippen molar-refractivity contribution in [2.75, 3.05) is 19.5 Å². The highest BCUT2D eigenvalue weighted by molar-refractivity contribution is 7.18. The molecule has 0 fully saturated rings. The molecule has 0 aliphatic heterocycles. The van der Waals surface area contributed by atoms with Crippen LogP contribution in [0.1, 0.15) is 12.5 Å². The van der Waals surface area contributed by atoms with Crippen LogP contribution < -0.4 is 24.3 Å². The zero-order chi connectivity index (χ0) is 24.8. The summed E-state index contributed by atoms with van der Waals surface area (Å²) in [5, 5.41) is 11.9. The number of para-hydroxylation sites is 1. The van der Waals surface area contributed by atoms with Crippen molar-refractivity contribution in [2.45, 2.75) is 20.0 Å². The van der Waals surface area contributed by atoms with E-state index in [2.05, 4.69) is 25.5 Å². The lowest BCUT2D eigenvalue weighted by Gasteiger charge is -2.13. The first-order valence-corrected chi connectivity index (χ1v) is 11.4. The summed E-state index contributed by atoms with van der Waals surface area (Å²) in [4.78, 5) is 21.0. The monoisotopic (exact) mass is 493 g/mol. The molecule has 0 aliphatic carbocycles. The predicted molar refractivity (Wildman–Crippen MR) is 130 cm³/mol. The highest BCUT2D eigenvalue weighted by atomic mass is 32.1. The number of aromatic nitrogens is 4. The Hall–Kier alpha value is -4.25. The molecule has 10 nitrogen and oxygen atoms in total. The van der Waals surface area contributed by atoms with E-state index in [0.717, 1.165) is 5.56 Å². The number of hydrogen-bond donors (Lipinski definition) is 1. The Kier molecular flexibility index (Phi) is 7.36. The molecule has 2 aromatic carbocycles. The fourth-order valence-corrected chi connectivity index (χ4v) is 3.71. The van der Waals surface area contributed by atoms with Gasteiger partial charge in [-0.3, -0.25) is 10.1 Å². The van der Waals surface area contributed by atoms with E-state index in [-0.39, 0.29) is 11.9 Å². The molecule has 0 saturated heterocycles. The molecule has 1 amide bonds. The number of rotatable bonds is 9. The van der Waals surface area contributed by atoms with Gasteiger partial charge >= 0.3 is 6.01 Å². The summed E-state index contributed by atoms with van der Waals surface area (Å²) in [6.45, 7) is 3.65. The third kappa shape index (κ3) is 6.01. The van der Waals surface area contributed by atoms with Crippen molar-refractivity contribution >= 4 is 22.4 Å². The highest BCUT2D eigenvalue weighted by Gasteiger charge is 2.19. The zero-order valence-corrected chi connectivity index (χ0v) is 20.3. The lowest BCUT2D eigenvalue weighted by molar-refractivity contribution is -0.122. The Balaban J connectivity index is 1.48. The van der Waals surface area contributed by atoms with E-state index in [1.807, 2.05) is 49.4 Å². The van der Waals surface area contributed by atoms with E-state index >= 15 is 0 Å². The Morgan fingerprint density at radius 3 is 2.34 bits per heavy atom. The van der Waals surface area contributed by atoms with Crippen LogP contribution in [0.3, 0.4) is 0 Å². The number of aryl methyl sites for hydroxylation is 1. The first-order chi connectivity index (χ1) is 16.9. The van der Waals surface area contributed by atoms with Gasteiger partial charge in [0.05, 0.1) is 25.8 Å². The number of ether oxygens (including phenoxy) is 4. The molecule has 2 aromatic heterocycles. The maximum absolute atomic E-state index is 12.6. The van der Waals surface area contributed by atoms with Gasteiger partial charge in [-0.25, -0.2) is 0 Å². The van der Waals surface area contributed by atoms with Crippen molar-refractivity contribution in [1.82, 2.24) is 20.2 Å². The predicted octanol–water partition coefficient (Wildman–Crippen LogP) is 4.52. The van der Waals surface area contributed by atoms with Gasteiger partial charge in [0.1, 0.15) is 11.5 Å². The zero-order valence-electron chi connectivity index (χ0n) is 19.5. The number of methoxy groups -OCH3 is 2. The van der Waals surface area contributed by atoms with E-state index in [0.29, 0.717) is 39.0 Å². The van der Waals surface area contributed by atoms with Gasteiger partial charge in [0.25, 0.3) is 5.91 Å². The summed E-state index contributed by atoms with van der Waals surface area (Å²) in [7, 11) is 2.98. The van der Waals surface area contributed by atoms with E-state index in [4.69, 9.17) is 18.9 Å². The average Bonchev–Trinajstić information content (AvgIpc) is 3.33. The molecule has 0 radical (unpaired) electrons. The van der Waals surface area contributed by atoms with Crippen LogP contribution in [0.2, 0.25) is 0 Å². The van der Waals surface area contributed by atoms with E-state index in [1.165, 1.54) is 25.6 Å². The SMILES string of the molecule is COc1cc(OC)nc(Oc2ccccc2-c2nnc(NC(=O)C(C)Oc3ccc(C)cc3)s2)n1. The van der Waals surface area contributed by atoms with Crippen LogP contribution in [-0.2, 0) is 4.79 Å². The second kappa shape index (κ2) is 10.8. The number of carbonyl (C=O) groups is 1. The van der Waals surface area contributed by atoms with Crippen molar-refractivity contribution in [3.8, 4) is 39.8 Å². The maximum Gasteiger partial charge on any atom is 0.328 e. The largest absolute Gasteiger partial charge is 0.481 e. The number of anilines is 1. The molecule has 2 heterocycles. The van der Waals surface area contributed by atoms with Crippen LogP contribution >= 0.6 is 11.3 Å². The van der Waals surface area contributed by atoms with Gasteiger partial charge in [-0.05, 0) is 38.1 Å². The van der Waals surface area contributed by atoms with Crippen LogP contribution in [0.4, 0.5) is 5.13 Å². The molecule has 11 heteroatoms. The quantitative estimate of drug-likeness (QED) is 0.359. The van der Waals surface area contributed by atoms with E-state index < -0.39 is 6.10 Å². The van der Waals surface area contributed by atoms with Crippen molar-refractivity contribution in [3.05, 3.63) is 60.2 Å². The minimum Gasteiger partial charge on any atom is -0.481 e. The maximum atomic E-state index is 12.6. The summed E-state index contributed by atoms with van der Waals surface area (Å²) in [5.41, 5.74) is 1.76. The first-order valence-electron chi connectivity index (χ1n) is 10.6. The van der Waals surface area contributed by atoms with Crippen molar-refractivity contribution in [1.29, 1.82) is 0 Å². The number of carbonyl (C=O) groups excluding carboxylic acids is 1. The second-order valence-corrected chi connectivity index (χ2v) is 8.29. The minimum absolute atomic E-state index is 0.0498. The molecule has 0 saturated carbocycles. The Labute approximate surface area is 205 Å². The third-order valence-corrected chi connectivity index (χ3v) is 5.63. The molecule has 180 valence electrons. The fraction of sp³-hybridized carbons (Fsp3) is 0.208. The van der Waals surface area contributed by atoms with Gasteiger partial charge in [-0.2, -0.15) is 9.97 Å². The summed E-state index contributed by atoms with van der Waals surface area (Å²) >= 11 is 1.20. The number of nitrogens with zero attached hydrogens (tertiary/aromatic N) is 4. The molecule has 35 heavy (non-hydrogen) atoms. The second-order valence-electron chi connectivity index (χ2n) is 7.31. The van der Waals surface area contributed by atoms with Crippen LogP contribution in [0.15, 0.2) is 54.6 Å². The van der Waals surface area contributed by atoms with Gasteiger partial charge in [-0.15, -0.1) is 10.2 Å². The van der Waals surface area contributed by atoms with Gasteiger partial charge in [-0.1, -0.05) is 41.2 Å². The fourth-order valence-electron chi connectivity index (χ4n) is 2.93. The summed E-state index contributed by atoms with van der Waals surface area (Å²) in [6, 6.07) is 16.3. The van der Waals surface area contributed by atoms with Crippen LogP contribution in [0.25, 0.3) is 10.6 Å². The number of nitrogens with one attached hydrogen (secondary N) is 1. The normalized spacial score (nSPS) is 11.4. The Morgan fingerprint density at radius 2 is 1.66 bits per heavy atom. The summed E-state index contributed by atoms with van der Waals surface area (Å²) in [5.74, 6) is 1.32. The molecule has 1 atom stereocenters. The van der Waals surface area contributed by atoms with Crippen molar-refractivity contribution in [2.24, 2.45) is 0 Å².